The van der Waals surface area contributed by atoms with Gasteiger partial charge in [-0.3, -0.25) is 4.98 Å². The Balaban J connectivity index is 2.27. The van der Waals surface area contributed by atoms with Crippen molar-refractivity contribution in [3.63, 3.8) is 0 Å². The predicted octanol–water partition coefficient (Wildman–Crippen LogP) is 1.95. The standard InChI is InChI=1S/C13H13N3O3/c1-16(11-7-14-8-12(15-11)19-2)10-5-3-9(4-6-10)13(17)18/h3-8H,1-2H3,(H,17,18). The van der Waals surface area contributed by atoms with Gasteiger partial charge in [0.2, 0.25) is 5.88 Å². The molecule has 0 saturated carbocycles. The molecule has 0 bridgehead atoms. The van der Waals surface area contributed by atoms with Gasteiger partial charge in [-0.2, -0.15) is 4.98 Å². The molecule has 0 aliphatic rings. The number of anilines is 2. The molecule has 0 atom stereocenters. The topological polar surface area (TPSA) is 75.5 Å². The van der Waals surface area contributed by atoms with Gasteiger partial charge in [0.1, 0.15) is 0 Å². The molecule has 6 nitrogen and oxygen atoms in total. The van der Waals surface area contributed by atoms with Crippen LogP contribution in [0.25, 0.3) is 0 Å². The van der Waals surface area contributed by atoms with E-state index in [-0.39, 0.29) is 5.56 Å². The molecule has 1 heterocycles. The zero-order chi connectivity index (χ0) is 13.8. The SMILES string of the molecule is COc1cncc(N(C)c2ccc(C(=O)O)cc2)n1. The van der Waals surface area contributed by atoms with Crippen LogP contribution >= 0.6 is 0 Å². The van der Waals surface area contributed by atoms with Crippen LogP contribution in [0.3, 0.4) is 0 Å². The number of carboxylic acids is 1. The highest BCUT2D eigenvalue weighted by atomic mass is 16.5. The fraction of sp³-hybridized carbons (Fsp3) is 0.154. The molecule has 0 radical (unpaired) electrons. The quantitative estimate of drug-likeness (QED) is 0.904. The summed E-state index contributed by atoms with van der Waals surface area (Å²) in [6.07, 6.45) is 3.12. The maximum atomic E-state index is 10.8. The number of aromatic carboxylic acids is 1. The van der Waals surface area contributed by atoms with E-state index in [1.54, 1.807) is 35.4 Å². The lowest BCUT2D eigenvalue weighted by atomic mass is 10.2. The fourth-order valence-corrected chi connectivity index (χ4v) is 1.56. The largest absolute Gasteiger partial charge is 0.480 e. The first-order valence-electron chi connectivity index (χ1n) is 5.55. The number of hydrogen-bond acceptors (Lipinski definition) is 5. The van der Waals surface area contributed by atoms with Gasteiger partial charge in [0.25, 0.3) is 0 Å². The molecule has 1 N–H and O–H groups in total. The van der Waals surface area contributed by atoms with Crippen LogP contribution in [-0.4, -0.2) is 35.2 Å². The number of benzene rings is 1. The van der Waals surface area contributed by atoms with E-state index in [0.717, 1.165) is 5.69 Å². The lowest BCUT2D eigenvalue weighted by molar-refractivity contribution is 0.0697. The third-order valence-corrected chi connectivity index (χ3v) is 2.65. The van der Waals surface area contributed by atoms with Crippen molar-refractivity contribution in [2.75, 3.05) is 19.1 Å². The van der Waals surface area contributed by atoms with Crippen LogP contribution in [0.4, 0.5) is 11.5 Å². The molecule has 1 aromatic heterocycles. The Hall–Kier alpha value is -2.63. The normalized spacial score (nSPS) is 10.0. The summed E-state index contributed by atoms with van der Waals surface area (Å²) >= 11 is 0. The first-order chi connectivity index (χ1) is 9.11. The van der Waals surface area contributed by atoms with E-state index in [4.69, 9.17) is 9.84 Å². The van der Waals surface area contributed by atoms with Crippen molar-refractivity contribution in [3.05, 3.63) is 42.2 Å². The van der Waals surface area contributed by atoms with Crippen molar-refractivity contribution in [2.45, 2.75) is 0 Å². The van der Waals surface area contributed by atoms with E-state index >= 15 is 0 Å². The lowest BCUT2D eigenvalue weighted by Crippen LogP contribution is -2.12. The molecule has 98 valence electrons. The monoisotopic (exact) mass is 259 g/mol. The average molecular weight is 259 g/mol. The van der Waals surface area contributed by atoms with E-state index in [2.05, 4.69) is 9.97 Å². The van der Waals surface area contributed by atoms with E-state index in [9.17, 15) is 4.79 Å². The molecule has 2 aromatic rings. The van der Waals surface area contributed by atoms with Crippen LogP contribution in [0.5, 0.6) is 5.88 Å². The van der Waals surface area contributed by atoms with Crippen LogP contribution in [-0.2, 0) is 0 Å². The molecule has 2 rings (SSSR count). The summed E-state index contributed by atoms with van der Waals surface area (Å²) in [5, 5.41) is 8.85. The summed E-state index contributed by atoms with van der Waals surface area (Å²) in [6, 6.07) is 6.51. The summed E-state index contributed by atoms with van der Waals surface area (Å²) < 4.78 is 5.01. The van der Waals surface area contributed by atoms with E-state index in [1.807, 2.05) is 7.05 Å². The average Bonchev–Trinajstić information content (AvgIpc) is 2.46. The highest BCUT2D eigenvalue weighted by molar-refractivity contribution is 5.88. The maximum Gasteiger partial charge on any atom is 0.335 e. The van der Waals surface area contributed by atoms with Gasteiger partial charge in [0.15, 0.2) is 5.82 Å². The minimum atomic E-state index is -0.949. The summed E-state index contributed by atoms with van der Waals surface area (Å²) in [7, 11) is 3.34. The van der Waals surface area contributed by atoms with Crippen LogP contribution in [0.15, 0.2) is 36.7 Å². The minimum absolute atomic E-state index is 0.244. The molecule has 6 heteroatoms. The molecule has 0 aliphatic heterocycles. The molecular formula is C13H13N3O3. The van der Waals surface area contributed by atoms with Gasteiger partial charge < -0.3 is 14.7 Å². The Labute approximate surface area is 110 Å². The number of aromatic nitrogens is 2. The second-order valence-corrected chi connectivity index (χ2v) is 3.83. The zero-order valence-corrected chi connectivity index (χ0v) is 10.6. The third-order valence-electron chi connectivity index (χ3n) is 2.65. The summed E-state index contributed by atoms with van der Waals surface area (Å²) in [6.45, 7) is 0. The Bertz CT molecular complexity index is 584. The molecular weight excluding hydrogens is 246 g/mol. The zero-order valence-electron chi connectivity index (χ0n) is 10.6. The fourth-order valence-electron chi connectivity index (χ4n) is 1.56. The first-order valence-corrected chi connectivity index (χ1v) is 5.55. The second-order valence-electron chi connectivity index (χ2n) is 3.83. The van der Waals surface area contributed by atoms with E-state index in [1.165, 1.54) is 13.3 Å². The van der Waals surface area contributed by atoms with Crippen molar-refractivity contribution in [1.29, 1.82) is 0 Å². The van der Waals surface area contributed by atoms with Crippen LogP contribution in [0, 0.1) is 0 Å². The van der Waals surface area contributed by atoms with Crippen molar-refractivity contribution < 1.29 is 14.6 Å². The van der Waals surface area contributed by atoms with Crippen molar-refractivity contribution in [3.8, 4) is 5.88 Å². The first kappa shape index (κ1) is 12.8. The van der Waals surface area contributed by atoms with Crippen LogP contribution < -0.4 is 9.64 Å². The molecule has 0 unspecified atom stereocenters. The number of carbonyl (C=O) groups is 1. The highest BCUT2D eigenvalue weighted by Crippen LogP contribution is 2.22. The number of rotatable bonds is 4. The molecule has 0 aliphatic carbocycles. The molecule has 0 saturated heterocycles. The molecule has 0 fully saturated rings. The lowest BCUT2D eigenvalue weighted by Gasteiger charge is -2.18. The molecule has 1 aromatic carbocycles. The molecule has 0 amide bonds. The number of hydrogen-bond donors (Lipinski definition) is 1. The van der Waals surface area contributed by atoms with Crippen molar-refractivity contribution >= 4 is 17.5 Å². The predicted molar refractivity (Wildman–Crippen MR) is 70.0 cm³/mol. The Morgan fingerprint density at radius 3 is 2.53 bits per heavy atom. The van der Waals surface area contributed by atoms with E-state index in [0.29, 0.717) is 11.7 Å². The second kappa shape index (κ2) is 5.34. The smallest absolute Gasteiger partial charge is 0.335 e. The maximum absolute atomic E-state index is 10.8. The summed E-state index contributed by atoms with van der Waals surface area (Å²) in [5.74, 6) is 0.0873. The van der Waals surface area contributed by atoms with Crippen molar-refractivity contribution in [2.24, 2.45) is 0 Å². The highest BCUT2D eigenvalue weighted by Gasteiger charge is 2.08. The van der Waals surface area contributed by atoms with Crippen molar-refractivity contribution in [1.82, 2.24) is 9.97 Å². The third kappa shape index (κ3) is 2.79. The Kier molecular flexibility index (Phi) is 3.61. The van der Waals surface area contributed by atoms with Crippen LogP contribution in [0.1, 0.15) is 10.4 Å². The number of nitrogens with zero attached hydrogens (tertiary/aromatic N) is 3. The van der Waals surface area contributed by atoms with Gasteiger partial charge in [-0.1, -0.05) is 0 Å². The summed E-state index contributed by atoms with van der Waals surface area (Å²) in [5.41, 5.74) is 1.06. The van der Waals surface area contributed by atoms with E-state index < -0.39 is 5.97 Å². The number of ether oxygens (including phenoxy) is 1. The van der Waals surface area contributed by atoms with Gasteiger partial charge in [-0.25, -0.2) is 4.79 Å². The number of methoxy groups -OCH3 is 1. The Morgan fingerprint density at radius 2 is 1.95 bits per heavy atom. The molecule has 19 heavy (non-hydrogen) atoms. The summed E-state index contributed by atoms with van der Waals surface area (Å²) in [4.78, 5) is 20.9. The van der Waals surface area contributed by atoms with Gasteiger partial charge in [-0.15, -0.1) is 0 Å². The van der Waals surface area contributed by atoms with Crippen LogP contribution in [0.2, 0.25) is 0 Å². The minimum Gasteiger partial charge on any atom is -0.480 e. The molecule has 0 spiro atoms. The van der Waals surface area contributed by atoms with Gasteiger partial charge in [0.05, 0.1) is 25.1 Å². The van der Waals surface area contributed by atoms with Gasteiger partial charge in [0, 0.05) is 12.7 Å². The van der Waals surface area contributed by atoms with Gasteiger partial charge in [-0.05, 0) is 24.3 Å². The Morgan fingerprint density at radius 1 is 1.26 bits per heavy atom. The number of carboxylic acid groups (broad SMARTS) is 1. The van der Waals surface area contributed by atoms with Gasteiger partial charge >= 0.3 is 5.97 Å².